The minimum atomic E-state index is -2.01. The number of unbranched alkanes of at least 4 members (excludes halogenated alkanes) is 1. The molecule has 28 heavy (non-hydrogen) atoms. The highest BCUT2D eigenvalue weighted by Crippen LogP contribution is 2.42. The van der Waals surface area contributed by atoms with Crippen LogP contribution in [-0.2, 0) is 10.4 Å². The zero-order valence-electron chi connectivity index (χ0n) is 14.9. The van der Waals surface area contributed by atoms with Gasteiger partial charge in [-0.1, -0.05) is 18.2 Å². The van der Waals surface area contributed by atoms with E-state index in [1.54, 1.807) is 24.3 Å². The number of anilines is 1. The van der Waals surface area contributed by atoms with Crippen LogP contribution >= 0.6 is 0 Å². The molecule has 0 aliphatic carbocycles. The molecule has 1 aliphatic heterocycles. The standard InChI is InChI=1S/C20H17N3O5/c21-11-3-4-12-22-17-6-2-1-5-16(17)20(26,19(22)25)13-18(24)14-7-9-15(10-8-14)23(27)28/h1-2,5-10,26H,3-4,12-13H2/t20-/m1/s1. The van der Waals surface area contributed by atoms with E-state index in [-0.39, 0.29) is 24.2 Å². The summed E-state index contributed by atoms with van der Waals surface area (Å²) in [7, 11) is 0. The lowest BCUT2D eigenvalue weighted by atomic mass is 9.88. The fourth-order valence-corrected chi connectivity index (χ4v) is 3.32. The molecule has 0 fully saturated rings. The van der Waals surface area contributed by atoms with Crippen molar-refractivity contribution in [2.24, 2.45) is 0 Å². The Hall–Kier alpha value is -3.57. The van der Waals surface area contributed by atoms with Crippen LogP contribution in [0.3, 0.4) is 0 Å². The summed E-state index contributed by atoms with van der Waals surface area (Å²) in [5.41, 5.74) is -1.13. The third kappa shape index (κ3) is 3.35. The number of benzene rings is 2. The van der Waals surface area contributed by atoms with Crippen molar-refractivity contribution >= 4 is 23.1 Å². The van der Waals surface area contributed by atoms with E-state index >= 15 is 0 Å². The minimum absolute atomic E-state index is 0.152. The number of carbonyl (C=O) groups is 2. The number of hydrogen-bond donors (Lipinski definition) is 1. The van der Waals surface area contributed by atoms with Gasteiger partial charge in [0.25, 0.3) is 11.6 Å². The highest BCUT2D eigenvalue weighted by atomic mass is 16.6. The van der Waals surface area contributed by atoms with Crippen LogP contribution < -0.4 is 4.90 Å². The largest absolute Gasteiger partial charge is 0.375 e. The Morgan fingerprint density at radius 1 is 1.21 bits per heavy atom. The number of Topliss-reactive ketones (excluding diaryl/α,β-unsaturated/α-hetero) is 1. The lowest BCUT2D eigenvalue weighted by Crippen LogP contribution is -2.42. The quantitative estimate of drug-likeness (QED) is 0.341. The lowest BCUT2D eigenvalue weighted by Gasteiger charge is -2.22. The van der Waals surface area contributed by atoms with Crippen molar-refractivity contribution in [3.05, 3.63) is 69.8 Å². The average Bonchev–Trinajstić information content (AvgIpc) is 2.90. The van der Waals surface area contributed by atoms with Crippen molar-refractivity contribution in [2.45, 2.75) is 24.9 Å². The molecule has 3 rings (SSSR count). The number of para-hydroxylation sites is 1. The average molecular weight is 379 g/mol. The normalized spacial score (nSPS) is 17.9. The van der Waals surface area contributed by atoms with Crippen molar-refractivity contribution in [3.8, 4) is 6.07 Å². The van der Waals surface area contributed by atoms with Gasteiger partial charge in [-0.25, -0.2) is 0 Å². The minimum Gasteiger partial charge on any atom is -0.375 e. The molecule has 8 heteroatoms. The van der Waals surface area contributed by atoms with Crippen molar-refractivity contribution in [2.75, 3.05) is 11.4 Å². The van der Waals surface area contributed by atoms with Crippen LogP contribution in [0.5, 0.6) is 0 Å². The number of ketones is 1. The second kappa shape index (κ2) is 7.58. The maximum Gasteiger partial charge on any atom is 0.269 e. The number of nitro groups is 1. The van der Waals surface area contributed by atoms with Gasteiger partial charge in [0.05, 0.1) is 23.1 Å². The molecular formula is C20H17N3O5. The Morgan fingerprint density at radius 2 is 1.89 bits per heavy atom. The predicted molar refractivity (Wildman–Crippen MR) is 99.6 cm³/mol. The zero-order valence-corrected chi connectivity index (χ0v) is 14.9. The summed E-state index contributed by atoms with van der Waals surface area (Å²) in [6.45, 7) is 0.261. The van der Waals surface area contributed by atoms with E-state index in [1.165, 1.54) is 29.2 Å². The number of nitro benzene ring substituents is 1. The first-order chi connectivity index (χ1) is 13.4. The van der Waals surface area contributed by atoms with Gasteiger partial charge in [-0.05, 0) is 24.6 Å². The molecule has 1 heterocycles. The second-order valence-electron chi connectivity index (χ2n) is 6.50. The molecule has 8 nitrogen and oxygen atoms in total. The molecule has 0 bridgehead atoms. The maximum atomic E-state index is 12.9. The number of non-ortho nitro benzene ring substituents is 1. The van der Waals surface area contributed by atoms with Crippen LogP contribution in [-0.4, -0.2) is 28.3 Å². The fraction of sp³-hybridized carbons (Fsp3) is 0.250. The molecule has 0 unspecified atom stereocenters. The van der Waals surface area contributed by atoms with Gasteiger partial charge in [0.15, 0.2) is 11.4 Å². The van der Waals surface area contributed by atoms with Gasteiger partial charge < -0.3 is 10.0 Å². The van der Waals surface area contributed by atoms with E-state index in [9.17, 15) is 24.8 Å². The summed E-state index contributed by atoms with van der Waals surface area (Å²) in [5, 5.41) is 30.6. The van der Waals surface area contributed by atoms with Gasteiger partial charge in [0.1, 0.15) is 0 Å². The summed E-state index contributed by atoms with van der Waals surface area (Å²) in [6.07, 6.45) is 0.241. The number of nitriles is 1. The molecule has 0 spiro atoms. The van der Waals surface area contributed by atoms with E-state index in [2.05, 4.69) is 0 Å². The monoisotopic (exact) mass is 379 g/mol. The number of amides is 1. The summed E-state index contributed by atoms with van der Waals surface area (Å²) >= 11 is 0. The van der Waals surface area contributed by atoms with Crippen molar-refractivity contribution < 1.29 is 19.6 Å². The van der Waals surface area contributed by atoms with Gasteiger partial charge in [0.2, 0.25) is 0 Å². The van der Waals surface area contributed by atoms with Crippen molar-refractivity contribution in [1.29, 1.82) is 5.26 Å². The molecule has 2 aromatic rings. The number of aliphatic hydroxyl groups is 1. The summed E-state index contributed by atoms with van der Waals surface area (Å²) in [4.78, 5) is 37.2. The maximum absolute atomic E-state index is 12.9. The predicted octanol–water partition coefficient (Wildman–Crippen LogP) is 2.71. The first-order valence-corrected chi connectivity index (χ1v) is 8.67. The van der Waals surface area contributed by atoms with Crippen LogP contribution in [0.2, 0.25) is 0 Å². The lowest BCUT2D eigenvalue weighted by molar-refractivity contribution is -0.384. The number of carbonyl (C=O) groups excluding carboxylic acids is 2. The van der Waals surface area contributed by atoms with Gasteiger partial charge in [-0.2, -0.15) is 5.26 Å². The number of nitrogens with zero attached hydrogens (tertiary/aromatic N) is 3. The number of hydrogen-bond acceptors (Lipinski definition) is 6. The molecule has 0 saturated heterocycles. The molecule has 0 saturated carbocycles. The zero-order chi connectivity index (χ0) is 20.3. The highest BCUT2D eigenvalue weighted by molar-refractivity contribution is 6.10. The highest BCUT2D eigenvalue weighted by Gasteiger charge is 2.50. The van der Waals surface area contributed by atoms with E-state index in [1.807, 2.05) is 6.07 Å². The topological polar surface area (TPSA) is 125 Å². The van der Waals surface area contributed by atoms with Crippen LogP contribution in [0.25, 0.3) is 0 Å². The third-order valence-corrected chi connectivity index (χ3v) is 4.73. The number of fused-ring (bicyclic) bond motifs is 1. The second-order valence-corrected chi connectivity index (χ2v) is 6.50. The molecule has 0 radical (unpaired) electrons. The molecule has 1 N–H and O–H groups in total. The SMILES string of the molecule is N#CCCCN1C(=O)[C@@](O)(CC(=O)c2ccc([N+](=O)[O-])cc2)c2ccccc21. The first kappa shape index (κ1) is 19.2. The van der Waals surface area contributed by atoms with E-state index in [0.717, 1.165) is 0 Å². The van der Waals surface area contributed by atoms with Crippen LogP contribution in [0.4, 0.5) is 11.4 Å². The molecule has 1 amide bonds. The Morgan fingerprint density at radius 3 is 2.54 bits per heavy atom. The smallest absolute Gasteiger partial charge is 0.269 e. The Labute approximate surface area is 160 Å². The van der Waals surface area contributed by atoms with E-state index < -0.39 is 28.6 Å². The summed E-state index contributed by atoms with van der Waals surface area (Å²) < 4.78 is 0. The van der Waals surface area contributed by atoms with Crippen LogP contribution in [0.1, 0.15) is 35.2 Å². The molecule has 142 valence electrons. The fourth-order valence-electron chi connectivity index (χ4n) is 3.32. The first-order valence-electron chi connectivity index (χ1n) is 8.67. The molecule has 0 aromatic heterocycles. The van der Waals surface area contributed by atoms with Crippen LogP contribution in [0.15, 0.2) is 48.5 Å². The molecule has 1 aliphatic rings. The van der Waals surface area contributed by atoms with Gasteiger partial charge in [0, 0.05) is 36.2 Å². The Kier molecular flexibility index (Phi) is 5.20. The Balaban J connectivity index is 1.87. The van der Waals surface area contributed by atoms with E-state index in [0.29, 0.717) is 17.7 Å². The van der Waals surface area contributed by atoms with Crippen molar-refractivity contribution in [3.63, 3.8) is 0 Å². The molecular weight excluding hydrogens is 362 g/mol. The van der Waals surface area contributed by atoms with Gasteiger partial charge >= 0.3 is 0 Å². The van der Waals surface area contributed by atoms with Crippen LogP contribution in [0, 0.1) is 21.4 Å². The molecule has 1 atom stereocenters. The van der Waals surface area contributed by atoms with Gasteiger partial charge in [-0.15, -0.1) is 0 Å². The summed E-state index contributed by atoms with van der Waals surface area (Å²) in [5.74, 6) is -1.11. The summed E-state index contributed by atoms with van der Waals surface area (Å²) in [6, 6.07) is 13.7. The number of rotatable bonds is 7. The third-order valence-electron chi connectivity index (χ3n) is 4.73. The van der Waals surface area contributed by atoms with E-state index in [4.69, 9.17) is 5.26 Å². The van der Waals surface area contributed by atoms with Crippen molar-refractivity contribution in [1.82, 2.24) is 0 Å². The Bertz CT molecular complexity index is 980. The van der Waals surface area contributed by atoms with Gasteiger partial charge in [-0.3, -0.25) is 19.7 Å². The molecule has 2 aromatic carbocycles.